The zero-order valence-electron chi connectivity index (χ0n) is 22.8. The Morgan fingerprint density at radius 1 is 0.850 bits per heavy atom. The molecule has 0 bridgehead atoms. The van der Waals surface area contributed by atoms with Crippen LogP contribution in [0.4, 0.5) is 10.1 Å². The highest BCUT2D eigenvalue weighted by atomic mass is 19.1. The van der Waals surface area contributed by atoms with Crippen LogP contribution in [0.5, 0.6) is 28.7 Å². The van der Waals surface area contributed by atoms with Gasteiger partial charge in [-0.1, -0.05) is 0 Å². The van der Waals surface area contributed by atoms with Crippen molar-refractivity contribution in [1.29, 1.82) is 0 Å². The monoisotopic (exact) mass is 551 g/mol. The number of methoxy groups -OCH3 is 3. The number of carbonyl (C=O) groups excluding carboxylic acids is 2. The maximum absolute atomic E-state index is 13.8. The Morgan fingerprint density at radius 3 is 2.02 bits per heavy atom. The first-order valence-electron chi connectivity index (χ1n) is 12.6. The molecular weight excluding hydrogens is 521 g/mol. The number of nitrogens with zero attached hydrogens (tertiary/aromatic N) is 1. The summed E-state index contributed by atoms with van der Waals surface area (Å²) in [5.74, 6) is -1.17. The second-order valence-electron chi connectivity index (χ2n) is 8.63. The van der Waals surface area contributed by atoms with Crippen molar-refractivity contribution < 1.29 is 42.8 Å². The molecule has 1 aliphatic heterocycles. The number of ether oxygens (including phenoxy) is 5. The highest BCUT2D eigenvalue weighted by molar-refractivity contribution is 6.51. The summed E-state index contributed by atoms with van der Waals surface area (Å²) in [6.45, 7) is 4.31. The largest absolute Gasteiger partial charge is 0.507 e. The summed E-state index contributed by atoms with van der Waals surface area (Å²) in [4.78, 5) is 28.3. The predicted molar refractivity (Wildman–Crippen MR) is 146 cm³/mol. The van der Waals surface area contributed by atoms with Crippen LogP contribution in [-0.4, -0.2) is 51.3 Å². The van der Waals surface area contributed by atoms with Gasteiger partial charge in [-0.25, -0.2) is 4.39 Å². The van der Waals surface area contributed by atoms with Crippen LogP contribution in [0.25, 0.3) is 5.76 Å². The fourth-order valence-corrected chi connectivity index (χ4v) is 4.65. The molecule has 0 aliphatic carbocycles. The lowest BCUT2D eigenvalue weighted by Gasteiger charge is -2.26. The van der Waals surface area contributed by atoms with E-state index in [9.17, 15) is 19.1 Å². The molecule has 10 heteroatoms. The van der Waals surface area contributed by atoms with Crippen LogP contribution in [0.15, 0.2) is 60.2 Å². The van der Waals surface area contributed by atoms with Crippen molar-refractivity contribution in [3.63, 3.8) is 0 Å². The van der Waals surface area contributed by atoms with E-state index in [1.165, 1.54) is 50.5 Å². The minimum Gasteiger partial charge on any atom is -0.507 e. The van der Waals surface area contributed by atoms with Crippen LogP contribution in [0.3, 0.4) is 0 Å². The molecule has 1 amide bonds. The number of aliphatic hydroxyl groups is 1. The minimum atomic E-state index is -1.14. The van der Waals surface area contributed by atoms with E-state index in [2.05, 4.69) is 0 Å². The van der Waals surface area contributed by atoms with E-state index in [0.717, 1.165) is 0 Å². The Balaban J connectivity index is 2.01. The number of Topliss-reactive ketones (excluding diaryl/α,β-unsaturated/α-hetero) is 1. The second kappa shape index (κ2) is 12.0. The van der Waals surface area contributed by atoms with Crippen molar-refractivity contribution in [1.82, 2.24) is 0 Å². The lowest BCUT2D eigenvalue weighted by atomic mass is 9.94. The maximum atomic E-state index is 13.8. The van der Waals surface area contributed by atoms with Gasteiger partial charge in [0.15, 0.2) is 11.5 Å². The molecule has 1 fully saturated rings. The number of hydrogen-bond acceptors (Lipinski definition) is 8. The van der Waals surface area contributed by atoms with Crippen molar-refractivity contribution >= 4 is 23.1 Å². The molecule has 210 valence electrons. The minimum absolute atomic E-state index is 0.194. The number of ketones is 1. The number of rotatable bonds is 10. The van der Waals surface area contributed by atoms with Crippen LogP contribution in [0.1, 0.15) is 31.0 Å². The molecule has 3 aromatic carbocycles. The molecule has 0 radical (unpaired) electrons. The third-order valence-electron chi connectivity index (χ3n) is 6.37. The summed E-state index contributed by atoms with van der Waals surface area (Å²) < 4.78 is 41.5. The van der Waals surface area contributed by atoms with Gasteiger partial charge in [-0.2, -0.15) is 0 Å². The van der Waals surface area contributed by atoms with Gasteiger partial charge in [0, 0.05) is 11.8 Å². The van der Waals surface area contributed by atoms with Crippen molar-refractivity contribution in [2.24, 2.45) is 0 Å². The SMILES string of the molecule is CCOc1ccc(/C(O)=C2\C(=O)C(=O)N(c3ccc(F)cc3)C2c2cc(OC)c(OC)c(OC)c2)c(OCC)c1. The van der Waals surface area contributed by atoms with E-state index in [1.807, 2.05) is 6.92 Å². The number of amides is 1. The van der Waals surface area contributed by atoms with Gasteiger partial charge in [0.2, 0.25) is 5.75 Å². The molecule has 1 N–H and O–H groups in total. The van der Waals surface area contributed by atoms with Gasteiger partial charge < -0.3 is 28.8 Å². The highest BCUT2D eigenvalue weighted by Crippen LogP contribution is 2.47. The molecule has 1 atom stereocenters. The summed E-state index contributed by atoms with van der Waals surface area (Å²) in [5, 5.41) is 11.6. The van der Waals surface area contributed by atoms with Gasteiger partial charge in [0.25, 0.3) is 11.7 Å². The zero-order valence-corrected chi connectivity index (χ0v) is 22.8. The molecule has 0 saturated carbocycles. The van der Waals surface area contributed by atoms with Crippen molar-refractivity contribution in [3.8, 4) is 28.7 Å². The number of benzene rings is 3. The van der Waals surface area contributed by atoms with E-state index >= 15 is 0 Å². The molecule has 4 rings (SSSR count). The number of halogens is 1. The molecule has 3 aromatic rings. The average Bonchev–Trinajstić information content (AvgIpc) is 3.22. The molecule has 1 heterocycles. The van der Waals surface area contributed by atoms with Crippen LogP contribution in [-0.2, 0) is 9.59 Å². The van der Waals surface area contributed by atoms with E-state index in [-0.39, 0.29) is 40.7 Å². The Morgan fingerprint density at radius 2 is 1.48 bits per heavy atom. The Bertz CT molecular complexity index is 1430. The van der Waals surface area contributed by atoms with Crippen molar-refractivity contribution in [2.45, 2.75) is 19.9 Å². The number of carbonyl (C=O) groups is 2. The highest BCUT2D eigenvalue weighted by Gasteiger charge is 2.47. The van der Waals surface area contributed by atoms with E-state index in [1.54, 1.807) is 37.3 Å². The van der Waals surface area contributed by atoms with Gasteiger partial charge >= 0.3 is 0 Å². The molecule has 0 spiro atoms. The standard InChI is InChI=1S/C30H30FNO8/c1-6-39-20-12-13-21(22(16-20)40-7-2)27(33)25-26(17-14-23(36-3)29(38-5)24(15-17)37-4)32(30(35)28(25)34)19-10-8-18(31)9-11-19/h8-16,26,33H,6-7H2,1-5H3/b27-25+. The molecule has 1 unspecified atom stereocenters. The van der Waals surface area contributed by atoms with E-state index in [0.29, 0.717) is 23.7 Å². The summed E-state index contributed by atoms with van der Waals surface area (Å²) in [5.41, 5.74) is 0.620. The summed E-state index contributed by atoms with van der Waals surface area (Å²) >= 11 is 0. The topological polar surface area (TPSA) is 104 Å². The molecular formula is C30H30FNO8. The lowest BCUT2D eigenvalue weighted by molar-refractivity contribution is -0.132. The first kappa shape index (κ1) is 28.3. The maximum Gasteiger partial charge on any atom is 0.300 e. The first-order valence-corrected chi connectivity index (χ1v) is 12.6. The first-order chi connectivity index (χ1) is 19.3. The second-order valence-corrected chi connectivity index (χ2v) is 8.63. The van der Waals surface area contributed by atoms with Gasteiger partial charge in [0.05, 0.1) is 51.7 Å². The number of anilines is 1. The summed E-state index contributed by atoms with van der Waals surface area (Å²) in [6, 6.07) is 12.0. The van der Waals surface area contributed by atoms with Gasteiger partial charge in [0.1, 0.15) is 23.1 Å². The number of hydrogen-bond donors (Lipinski definition) is 1. The average molecular weight is 552 g/mol. The van der Waals surface area contributed by atoms with E-state index in [4.69, 9.17) is 23.7 Å². The lowest BCUT2D eigenvalue weighted by Crippen LogP contribution is -2.29. The van der Waals surface area contributed by atoms with Gasteiger partial charge in [-0.05, 0) is 67.9 Å². The van der Waals surface area contributed by atoms with Gasteiger partial charge in [-0.3, -0.25) is 14.5 Å². The zero-order chi connectivity index (χ0) is 29.0. The third kappa shape index (κ3) is 5.12. The predicted octanol–water partition coefficient (Wildman–Crippen LogP) is 5.28. The van der Waals surface area contributed by atoms with Crippen molar-refractivity contribution in [2.75, 3.05) is 39.4 Å². The van der Waals surface area contributed by atoms with Crippen LogP contribution in [0.2, 0.25) is 0 Å². The van der Waals surface area contributed by atoms with E-state index < -0.39 is 29.3 Å². The van der Waals surface area contributed by atoms with Crippen LogP contribution in [0, 0.1) is 5.82 Å². The Hall–Kier alpha value is -4.73. The molecule has 0 aromatic heterocycles. The fraction of sp³-hybridized carbons (Fsp3) is 0.267. The Kier molecular flexibility index (Phi) is 8.47. The smallest absolute Gasteiger partial charge is 0.300 e. The molecule has 1 aliphatic rings. The van der Waals surface area contributed by atoms with Crippen molar-refractivity contribution in [3.05, 3.63) is 77.1 Å². The Labute approximate surface area is 231 Å². The van der Waals surface area contributed by atoms with Crippen LogP contribution >= 0.6 is 0 Å². The third-order valence-corrected chi connectivity index (χ3v) is 6.37. The normalized spacial score (nSPS) is 16.1. The number of aliphatic hydroxyl groups excluding tert-OH is 1. The quantitative estimate of drug-likeness (QED) is 0.206. The van der Waals surface area contributed by atoms with Crippen LogP contribution < -0.4 is 28.6 Å². The summed E-state index contributed by atoms with van der Waals surface area (Å²) in [7, 11) is 4.32. The van der Waals surface area contributed by atoms with Gasteiger partial charge in [-0.15, -0.1) is 0 Å². The molecule has 1 saturated heterocycles. The fourth-order valence-electron chi connectivity index (χ4n) is 4.65. The molecule has 40 heavy (non-hydrogen) atoms. The summed E-state index contributed by atoms with van der Waals surface area (Å²) in [6.07, 6.45) is 0. The molecule has 9 nitrogen and oxygen atoms in total.